The summed E-state index contributed by atoms with van der Waals surface area (Å²) in [6, 6.07) is 13.9. The van der Waals surface area contributed by atoms with E-state index in [0.29, 0.717) is 5.69 Å². The summed E-state index contributed by atoms with van der Waals surface area (Å²) >= 11 is 0. The van der Waals surface area contributed by atoms with E-state index in [4.69, 9.17) is 0 Å². The number of aryl methyl sites for hydroxylation is 2. The zero-order valence-corrected chi connectivity index (χ0v) is 18.0. The van der Waals surface area contributed by atoms with Crippen LogP contribution in [0.3, 0.4) is 0 Å². The van der Waals surface area contributed by atoms with Crippen molar-refractivity contribution in [3.05, 3.63) is 96.0 Å². The normalized spacial score (nSPS) is 11.2. The predicted octanol–water partition coefficient (Wildman–Crippen LogP) is 4.69. The van der Waals surface area contributed by atoms with E-state index >= 15 is 0 Å². The van der Waals surface area contributed by atoms with Crippen LogP contribution in [0.4, 0.5) is 10.1 Å². The molecule has 0 aliphatic carbocycles. The van der Waals surface area contributed by atoms with E-state index in [1.807, 2.05) is 48.4 Å². The van der Waals surface area contributed by atoms with Gasteiger partial charge >= 0.3 is 0 Å². The lowest BCUT2D eigenvalue weighted by Gasteiger charge is -2.06. The fraction of sp³-hybridized carbons (Fsp3) is 0.160. The van der Waals surface area contributed by atoms with Gasteiger partial charge in [-0.3, -0.25) is 9.48 Å². The molecule has 0 spiro atoms. The maximum atomic E-state index is 13.2. The monoisotopic (exact) mass is 429 g/mol. The lowest BCUT2D eigenvalue weighted by molar-refractivity contribution is -0.111. The Morgan fingerprint density at radius 2 is 1.88 bits per heavy atom. The number of carbonyl (C=O) groups excluding carboxylic acids is 1. The first-order valence-electron chi connectivity index (χ1n) is 10.4. The van der Waals surface area contributed by atoms with Crippen LogP contribution in [-0.2, 0) is 24.8 Å². The number of nitrogens with one attached hydrogen (secondary N) is 1. The van der Waals surface area contributed by atoms with E-state index in [1.54, 1.807) is 29.1 Å². The number of amides is 1. The highest BCUT2D eigenvalue weighted by Crippen LogP contribution is 2.24. The lowest BCUT2D eigenvalue weighted by Crippen LogP contribution is -2.07. The third kappa shape index (κ3) is 5.00. The molecular formula is C25H24FN5O. The van der Waals surface area contributed by atoms with Crippen molar-refractivity contribution in [1.82, 2.24) is 19.3 Å². The van der Waals surface area contributed by atoms with Crippen LogP contribution in [0.1, 0.15) is 23.7 Å². The summed E-state index contributed by atoms with van der Waals surface area (Å²) in [6.07, 6.45) is 9.64. The van der Waals surface area contributed by atoms with E-state index in [9.17, 15) is 9.18 Å². The first-order valence-corrected chi connectivity index (χ1v) is 10.4. The molecule has 0 aliphatic heterocycles. The van der Waals surface area contributed by atoms with Crippen LogP contribution >= 0.6 is 0 Å². The van der Waals surface area contributed by atoms with Crippen molar-refractivity contribution in [2.24, 2.45) is 7.05 Å². The van der Waals surface area contributed by atoms with Crippen molar-refractivity contribution in [2.75, 3.05) is 5.32 Å². The van der Waals surface area contributed by atoms with E-state index in [-0.39, 0.29) is 11.7 Å². The number of hydrogen-bond acceptors (Lipinski definition) is 3. The molecule has 7 heteroatoms. The minimum atomic E-state index is -0.297. The van der Waals surface area contributed by atoms with Gasteiger partial charge in [0, 0.05) is 42.7 Å². The molecule has 4 aromatic rings. The fourth-order valence-electron chi connectivity index (χ4n) is 3.47. The lowest BCUT2D eigenvalue weighted by atomic mass is 10.1. The molecule has 6 nitrogen and oxygen atoms in total. The highest BCUT2D eigenvalue weighted by atomic mass is 19.1. The number of hydrogen-bond donors (Lipinski definition) is 1. The van der Waals surface area contributed by atoms with Gasteiger partial charge in [0.1, 0.15) is 5.82 Å². The molecule has 0 saturated heterocycles. The standard InChI is InChI=1S/C25H24FN5O/c1-3-22-16-31(17-27-22)15-18-4-11-23(12-5-18)29-24(32)13-8-20-14-28-30(2)25(20)19-6-9-21(26)10-7-19/h4-14,16-17H,3,15H2,1-2H3,(H,29,32)/b13-8+. The largest absolute Gasteiger partial charge is 0.333 e. The number of carbonyl (C=O) groups is 1. The Morgan fingerprint density at radius 3 is 2.56 bits per heavy atom. The van der Waals surface area contributed by atoms with Gasteiger partial charge in [-0.2, -0.15) is 5.10 Å². The summed E-state index contributed by atoms with van der Waals surface area (Å²) in [7, 11) is 1.81. The van der Waals surface area contributed by atoms with Gasteiger partial charge in [-0.25, -0.2) is 9.37 Å². The third-order valence-corrected chi connectivity index (χ3v) is 5.13. The molecule has 0 fully saturated rings. The molecule has 0 bridgehead atoms. The minimum Gasteiger partial charge on any atom is -0.333 e. The minimum absolute atomic E-state index is 0.242. The predicted molar refractivity (Wildman–Crippen MR) is 123 cm³/mol. The second-order valence-electron chi connectivity index (χ2n) is 7.49. The quantitative estimate of drug-likeness (QED) is 0.434. The fourth-order valence-corrected chi connectivity index (χ4v) is 3.47. The average Bonchev–Trinajstić information content (AvgIpc) is 3.40. The maximum Gasteiger partial charge on any atom is 0.248 e. The Balaban J connectivity index is 1.40. The van der Waals surface area contributed by atoms with Gasteiger partial charge in [0.15, 0.2) is 0 Å². The van der Waals surface area contributed by atoms with Gasteiger partial charge in [0.25, 0.3) is 0 Å². The average molecular weight is 429 g/mol. The van der Waals surface area contributed by atoms with Crippen molar-refractivity contribution >= 4 is 17.7 Å². The molecule has 0 unspecified atom stereocenters. The topological polar surface area (TPSA) is 64.7 Å². The van der Waals surface area contributed by atoms with E-state index in [2.05, 4.69) is 22.3 Å². The Bertz CT molecular complexity index is 1240. The SMILES string of the molecule is CCc1cn(Cc2ccc(NC(=O)/C=C/c3cnn(C)c3-c3ccc(F)cc3)cc2)cn1. The molecule has 2 aromatic heterocycles. The first kappa shape index (κ1) is 21.2. The van der Waals surface area contributed by atoms with Crippen molar-refractivity contribution < 1.29 is 9.18 Å². The van der Waals surface area contributed by atoms with Gasteiger partial charge in [-0.15, -0.1) is 0 Å². The number of nitrogens with zero attached hydrogens (tertiary/aromatic N) is 4. The van der Waals surface area contributed by atoms with Crippen LogP contribution in [0, 0.1) is 5.82 Å². The van der Waals surface area contributed by atoms with Crippen molar-refractivity contribution in [3.8, 4) is 11.3 Å². The van der Waals surface area contributed by atoms with E-state index in [1.165, 1.54) is 18.2 Å². The van der Waals surface area contributed by atoms with Crippen molar-refractivity contribution in [3.63, 3.8) is 0 Å². The zero-order valence-electron chi connectivity index (χ0n) is 18.0. The van der Waals surface area contributed by atoms with Crippen LogP contribution in [0.15, 0.2) is 73.3 Å². The molecule has 0 aliphatic rings. The van der Waals surface area contributed by atoms with Crippen LogP contribution < -0.4 is 5.32 Å². The van der Waals surface area contributed by atoms with Crippen LogP contribution in [0.25, 0.3) is 17.3 Å². The number of halogens is 1. The van der Waals surface area contributed by atoms with Crippen LogP contribution in [-0.4, -0.2) is 25.2 Å². The molecule has 32 heavy (non-hydrogen) atoms. The highest BCUT2D eigenvalue weighted by Gasteiger charge is 2.09. The summed E-state index contributed by atoms with van der Waals surface area (Å²) in [5.74, 6) is -0.539. The molecule has 2 aromatic carbocycles. The van der Waals surface area contributed by atoms with Crippen LogP contribution in [0.5, 0.6) is 0 Å². The number of imidazole rings is 1. The number of rotatable bonds is 7. The van der Waals surface area contributed by atoms with Crippen LogP contribution in [0.2, 0.25) is 0 Å². The van der Waals surface area contributed by atoms with Gasteiger partial charge in [-0.05, 0) is 54.5 Å². The molecular weight excluding hydrogens is 405 g/mol. The first-order chi connectivity index (χ1) is 15.5. The van der Waals surface area contributed by atoms with E-state index < -0.39 is 0 Å². The summed E-state index contributed by atoms with van der Waals surface area (Å²) in [5.41, 5.74) is 5.31. The molecule has 2 heterocycles. The Kier molecular flexibility index (Phi) is 6.26. The number of aromatic nitrogens is 4. The molecule has 4 rings (SSSR count). The second-order valence-corrected chi connectivity index (χ2v) is 7.49. The zero-order chi connectivity index (χ0) is 22.5. The van der Waals surface area contributed by atoms with Gasteiger partial charge in [-0.1, -0.05) is 19.1 Å². The van der Waals surface area contributed by atoms with Gasteiger partial charge < -0.3 is 9.88 Å². The highest BCUT2D eigenvalue weighted by molar-refractivity contribution is 6.02. The molecule has 162 valence electrons. The molecule has 1 amide bonds. The van der Waals surface area contributed by atoms with Gasteiger partial charge in [0.2, 0.25) is 5.91 Å². The third-order valence-electron chi connectivity index (χ3n) is 5.13. The molecule has 0 atom stereocenters. The summed E-state index contributed by atoms with van der Waals surface area (Å²) < 4.78 is 17.0. The molecule has 1 N–H and O–H groups in total. The summed E-state index contributed by atoms with van der Waals surface area (Å²) in [4.78, 5) is 16.7. The van der Waals surface area contributed by atoms with Gasteiger partial charge in [0.05, 0.1) is 23.9 Å². The smallest absolute Gasteiger partial charge is 0.248 e. The van der Waals surface area contributed by atoms with Crippen molar-refractivity contribution in [2.45, 2.75) is 19.9 Å². The molecule has 0 radical (unpaired) electrons. The number of benzene rings is 2. The number of anilines is 1. The Labute approximate surface area is 186 Å². The summed E-state index contributed by atoms with van der Waals surface area (Å²) in [6.45, 7) is 2.81. The second kappa shape index (κ2) is 9.43. The maximum absolute atomic E-state index is 13.2. The summed E-state index contributed by atoms with van der Waals surface area (Å²) in [5, 5.41) is 7.13. The van der Waals surface area contributed by atoms with Crippen molar-refractivity contribution in [1.29, 1.82) is 0 Å². The Hall–Kier alpha value is -4.00. The molecule has 0 saturated carbocycles. The van der Waals surface area contributed by atoms with E-state index in [0.717, 1.165) is 41.0 Å². The Morgan fingerprint density at radius 1 is 1.12 bits per heavy atom.